The van der Waals surface area contributed by atoms with Crippen LogP contribution in [-0.2, 0) is 11.2 Å². The molecule has 2 aromatic rings. The summed E-state index contributed by atoms with van der Waals surface area (Å²) >= 11 is 0. The lowest BCUT2D eigenvalue weighted by atomic mass is 10.1. The molecule has 3 N–H and O–H groups in total. The minimum atomic E-state index is -1.25. The topological polar surface area (TPSA) is 73.3 Å². The van der Waals surface area contributed by atoms with Crippen molar-refractivity contribution in [2.75, 3.05) is 0 Å². The molecule has 90 valence electrons. The van der Waals surface area contributed by atoms with Crippen molar-refractivity contribution in [1.29, 1.82) is 0 Å². The Morgan fingerprint density at radius 2 is 2.12 bits per heavy atom. The zero-order valence-corrected chi connectivity index (χ0v) is 9.39. The normalized spacial score (nSPS) is 12.8. The predicted octanol–water partition coefficient (Wildman–Crippen LogP) is 1.94. The van der Waals surface area contributed by atoms with E-state index in [1.165, 1.54) is 0 Å². The second kappa shape index (κ2) is 5.01. The lowest BCUT2D eigenvalue weighted by Gasteiger charge is -2.04. The molecule has 1 unspecified atom stereocenters. The summed E-state index contributed by atoms with van der Waals surface area (Å²) in [4.78, 5) is 13.6. The van der Waals surface area contributed by atoms with Gasteiger partial charge in [-0.1, -0.05) is 18.2 Å². The molecule has 0 saturated heterocycles. The van der Waals surface area contributed by atoms with Crippen molar-refractivity contribution < 1.29 is 15.0 Å². The van der Waals surface area contributed by atoms with Gasteiger partial charge >= 0.3 is 5.97 Å². The van der Waals surface area contributed by atoms with E-state index in [2.05, 4.69) is 4.98 Å². The Hall–Kier alpha value is -1.81. The van der Waals surface area contributed by atoms with Crippen molar-refractivity contribution >= 4 is 16.9 Å². The molecule has 0 saturated carbocycles. The summed E-state index contributed by atoms with van der Waals surface area (Å²) in [6.07, 6.45) is 2.41. The number of H-pyrrole nitrogens is 1. The van der Waals surface area contributed by atoms with Gasteiger partial charge in [0.25, 0.3) is 0 Å². The molecule has 0 spiro atoms. The van der Waals surface area contributed by atoms with Crippen LogP contribution in [0.1, 0.15) is 18.4 Å². The van der Waals surface area contributed by atoms with Crippen LogP contribution in [0.4, 0.5) is 0 Å². The van der Waals surface area contributed by atoms with E-state index in [0.29, 0.717) is 6.42 Å². The van der Waals surface area contributed by atoms with Gasteiger partial charge in [0.05, 0.1) is 0 Å². The maximum atomic E-state index is 10.4. The number of fused-ring (bicyclic) bond motifs is 1. The average molecular weight is 233 g/mol. The van der Waals surface area contributed by atoms with Gasteiger partial charge in [0.1, 0.15) is 0 Å². The van der Waals surface area contributed by atoms with Gasteiger partial charge < -0.3 is 15.2 Å². The van der Waals surface area contributed by atoms with Gasteiger partial charge in [-0.2, -0.15) is 0 Å². The molecule has 1 atom stereocenters. The van der Waals surface area contributed by atoms with Gasteiger partial charge in [-0.05, 0) is 30.9 Å². The maximum Gasteiger partial charge on any atom is 0.332 e. The SMILES string of the molecule is O=C(O)C(O)CCCc1c[nH]c2ccccc12. The summed E-state index contributed by atoms with van der Waals surface area (Å²) in [6.45, 7) is 0. The van der Waals surface area contributed by atoms with Crippen molar-refractivity contribution in [2.45, 2.75) is 25.4 Å². The molecule has 1 aromatic carbocycles. The monoisotopic (exact) mass is 233 g/mol. The Bertz CT molecular complexity index is 518. The molecule has 0 fully saturated rings. The average Bonchev–Trinajstić information content (AvgIpc) is 2.72. The van der Waals surface area contributed by atoms with Crippen molar-refractivity contribution in [3.05, 3.63) is 36.0 Å². The second-order valence-corrected chi connectivity index (χ2v) is 4.11. The Labute approximate surface area is 98.9 Å². The molecule has 0 amide bonds. The number of aryl methyl sites for hydroxylation is 1. The Morgan fingerprint density at radius 1 is 1.35 bits per heavy atom. The molecule has 0 aliphatic heterocycles. The molecule has 1 heterocycles. The summed E-state index contributed by atoms with van der Waals surface area (Å²) in [5.41, 5.74) is 2.25. The highest BCUT2D eigenvalue weighted by molar-refractivity contribution is 5.83. The van der Waals surface area contributed by atoms with Crippen molar-refractivity contribution in [2.24, 2.45) is 0 Å². The van der Waals surface area contributed by atoms with Gasteiger partial charge in [0, 0.05) is 17.1 Å². The highest BCUT2D eigenvalue weighted by Gasteiger charge is 2.12. The van der Waals surface area contributed by atoms with E-state index in [1.54, 1.807) is 0 Å². The molecule has 17 heavy (non-hydrogen) atoms. The van der Waals surface area contributed by atoms with Crippen LogP contribution in [0.15, 0.2) is 30.5 Å². The van der Waals surface area contributed by atoms with Gasteiger partial charge in [0.2, 0.25) is 0 Å². The van der Waals surface area contributed by atoms with E-state index < -0.39 is 12.1 Å². The van der Waals surface area contributed by atoms with Crippen LogP contribution < -0.4 is 0 Å². The van der Waals surface area contributed by atoms with Crippen LogP contribution in [0.3, 0.4) is 0 Å². The molecule has 2 rings (SSSR count). The number of aliphatic carboxylic acids is 1. The smallest absolute Gasteiger partial charge is 0.332 e. The number of carboxylic acids is 1. The fraction of sp³-hybridized carbons (Fsp3) is 0.308. The number of aliphatic hydroxyl groups is 1. The molecule has 0 aliphatic rings. The number of hydrogen-bond donors (Lipinski definition) is 3. The lowest BCUT2D eigenvalue weighted by Crippen LogP contribution is -2.19. The predicted molar refractivity (Wildman–Crippen MR) is 64.9 cm³/mol. The number of hydrogen-bond acceptors (Lipinski definition) is 2. The van der Waals surface area contributed by atoms with Gasteiger partial charge in [-0.25, -0.2) is 4.79 Å². The van der Waals surface area contributed by atoms with Crippen molar-refractivity contribution in [3.8, 4) is 0 Å². The van der Waals surface area contributed by atoms with Crippen LogP contribution in [0, 0.1) is 0 Å². The summed E-state index contributed by atoms with van der Waals surface area (Å²) in [5, 5.41) is 18.9. The first-order chi connectivity index (χ1) is 8.18. The van der Waals surface area contributed by atoms with Gasteiger partial charge in [-0.3, -0.25) is 0 Å². The number of aromatic amines is 1. The van der Waals surface area contributed by atoms with Crippen LogP contribution in [0.2, 0.25) is 0 Å². The maximum absolute atomic E-state index is 10.4. The van der Waals surface area contributed by atoms with Crippen LogP contribution in [0.5, 0.6) is 0 Å². The van der Waals surface area contributed by atoms with E-state index in [0.717, 1.165) is 22.9 Å². The summed E-state index contributed by atoms with van der Waals surface area (Å²) < 4.78 is 0. The van der Waals surface area contributed by atoms with Crippen LogP contribution >= 0.6 is 0 Å². The van der Waals surface area contributed by atoms with E-state index in [4.69, 9.17) is 10.2 Å². The Kier molecular flexibility index (Phi) is 3.44. The first-order valence-electron chi connectivity index (χ1n) is 5.64. The first kappa shape index (κ1) is 11.7. The number of nitrogens with one attached hydrogen (secondary N) is 1. The lowest BCUT2D eigenvalue weighted by molar-refractivity contribution is -0.146. The minimum Gasteiger partial charge on any atom is -0.479 e. The molecule has 0 aliphatic carbocycles. The molecule has 0 bridgehead atoms. The van der Waals surface area contributed by atoms with E-state index in [-0.39, 0.29) is 6.42 Å². The second-order valence-electron chi connectivity index (χ2n) is 4.11. The standard InChI is InChI=1S/C13H15NO3/c15-12(13(16)17)7-3-4-9-8-14-11-6-2-1-5-10(9)11/h1-2,5-6,8,12,14-15H,3-4,7H2,(H,16,17). The number of benzene rings is 1. The molecular formula is C13H15NO3. The van der Waals surface area contributed by atoms with Crippen LogP contribution in [0.25, 0.3) is 10.9 Å². The highest BCUT2D eigenvalue weighted by atomic mass is 16.4. The van der Waals surface area contributed by atoms with E-state index in [1.807, 2.05) is 30.5 Å². The number of carbonyl (C=O) groups is 1. The molecule has 1 aromatic heterocycles. The third kappa shape index (κ3) is 2.65. The molecule has 4 nitrogen and oxygen atoms in total. The Morgan fingerprint density at radius 3 is 2.88 bits per heavy atom. The van der Waals surface area contributed by atoms with E-state index >= 15 is 0 Å². The van der Waals surface area contributed by atoms with Gasteiger partial charge in [-0.15, -0.1) is 0 Å². The largest absolute Gasteiger partial charge is 0.479 e. The number of aromatic nitrogens is 1. The summed E-state index contributed by atoms with van der Waals surface area (Å²) in [6, 6.07) is 7.99. The van der Waals surface area contributed by atoms with E-state index in [9.17, 15) is 4.79 Å². The van der Waals surface area contributed by atoms with Crippen LogP contribution in [-0.4, -0.2) is 27.3 Å². The fourth-order valence-corrected chi connectivity index (χ4v) is 1.95. The summed E-state index contributed by atoms with van der Waals surface area (Å²) in [7, 11) is 0. The number of para-hydroxylation sites is 1. The first-order valence-corrected chi connectivity index (χ1v) is 5.64. The number of carboxylic acid groups (broad SMARTS) is 1. The molecule has 4 heteroatoms. The summed E-state index contributed by atoms with van der Waals surface area (Å²) in [5.74, 6) is -1.15. The fourth-order valence-electron chi connectivity index (χ4n) is 1.95. The Balaban J connectivity index is 1.98. The third-order valence-electron chi connectivity index (χ3n) is 2.88. The third-order valence-corrected chi connectivity index (χ3v) is 2.88. The quantitative estimate of drug-likeness (QED) is 0.738. The highest BCUT2D eigenvalue weighted by Crippen LogP contribution is 2.19. The van der Waals surface area contributed by atoms with Crippen molar-refractivity contribution in [3.63, 3.8) is 0 Å². The zero-order chi connectivity index (χ0) is 12.3. The molecule has 0 radical (unpaired) electrons. The van der Waals surface area contributed by atoms with Crippen molar-refractivity contribution in [1.82, 2.24) is 4.98 Å². The molecular weight excluding hydrogens is 218 g/mol. The minimum absolute atomic E-state index is 0.287. The zero-order valence-electron chi connectivity index (χ0n) is 9.39. The number of aliphatic hydroxyl groups excluding tert-OH is 1. The van der Waals surface area contributed by atoms with Gasteiger partial charge in [0.15, 0.2) is 6.10 Å². The number of rotatable bonds is 5.